The molecule has 0 saturated heterocycles. The zero-order chi connectivity index (χ0) is 27.3. The van der Waals surface area contributed by atoms with Crippen molar-refractivity contribution in [3.63, 3.8) is 0 Å². The third kappa shape index (κ3) is 6.36. The van der Waals surface area contributed by atoms with E-state index in [0.717, 1.165) is 6.20 Å². The summed E-state index contributed by atoms with van der Waals surface area (Å²) in [7, 11) is 4.59. The molecular weight excluding hydrogens is 490 g/mol. The lowest BCUT2D eigenvalue weighted by molar-refractivity contribution is -0.389. The van der Waals surface area contributed by atoms with Crippen LogP contribution in [0.1, 0.15) is 45.1 Å². The number of nitrogens with one attached hydrogen (secondary N) is 3. The average molecular weight is 515 g/mol. The van der Waals surface area contributed by atoms with E-state index in [2.05, 4.69) is 25.9 Å². The predicted octanol–water partition coefficient (Wildman–Crippen LogP) is 0.588. The number of aryl methyl sites for hydroxylation is 3. The minimum Gasteiger partial charge on any atom is -0.466 e. The Balaban J connectivity index is 1.64. The summed E-state index contributed by atoms with van der Waals surface area (Å²) in [6.07, 6.45) is 4.04. The van der Waals surface area contributed by atoms with Gasteiger partial charge in [-0.3, -0.25) is 19.2 Å². The summed E-state index contributed by atoms with van der Waals surface area (Å²) in [4.78, 5) is 67.0. The third-order valence-electron chi connectivity index (χ3n) is 4.99. The van der Waals surface area contributed by atoms with Gasteiger partial charge in [0.1, 0.15) is 11.9 Å². The quantitative estimate of drug-likeness (QED) is 0.196. The first-order valence-corrected chi connectivity index (χ1v) is 10.9. The fourth-order valence-corrected chi connectivity index (χ4v) is 3.31. The largest absolute Gasteiger partial charge is 0.466 e. The second-order valence-corrected chi connectivity index (χ2v) is 7.80. The lowest BCUT2D eigenvalue weighted by atomic mass is 10.3. The fourth-order valence-electron chi connectivity index (χ4n) is 3.31. The highest BCUT2D eigenvalue weighted by Crippen LogP contribution is 2.16. The van der Waals surface area contributed by atoms with Gasteiger partial charge in [-0.1, -0.05) is 0 Å². The summed E-state index contributed by atoms with van der Waals surface area (Å²) in [5, 5.41) is 18.6. The zero-order valence-corrected chi connectivity index (χ0v) is 20.5. The summed E-state index contributed by atoms with van der Waals surface area (Å²) in [6.45, 7) is 2.04. The Morgan fingerprint density at radius 3 is 2.24 bits per heavy atom. The van der Waals surface area contributed by atoms with Crippen LogP contribution in [0.15, 0.2) is 24.7 Å². The molecule has 16 nitrogen and oxygen atoms in total. The highest BCUT2D eigenvalue weighted by atomic mass is 16.6. The number of ether oxygens (including phenoxy) is 1. The lowest BCUT2D eigenvalue weighted by Gasteiger charge is -2.05. The van der Waals surface area contributed by atoms with Crippen molar-refractivity contribution in [2.75, 3.05) is 23.8 Å². The Labute approximate surface area is 209 Å². The van der Waals surface area contributed by atoms with E-state index in [4.69, 9.17) is 4.74 Å². The summed E-state index contributed by atoms with van der Waals surface area (Å²) in [6, 6.07) is 1.46. The number of anilines is 2. The number of esters is 1. The van der Waals surface area contributed by atoms with E-state index in [-0.39, 0.29) is 42.7 Å². The molecule has 0 fully saturated rings. The van der Waals surface area contributed by atoms with Crippen LogP contribution >= 0.6 is 0 Å². The van der Waals surface area contributed by atoms with E-state index in [1.54, 1.807) is 14.0 Å². The summed E-state index contributed by atoms with van der Waals surface area (Å²) >= 11 is 0. The first kappa shape index (κ1) is 26.6. The van der Waals surface area contributed by atoms with Gasteiger partial charge in [-0.2, -0.15) is 0 Å². The molecule has 37 heavy (non-hydrogen) atoms. The number of hydrogen-bond acceptors (Lipinski definition) is 9. The molecule has 16 heteroatoms. The van der Waals surface area contributed by atoms with E-state index in [9.17, 15) is 29.3 Å². The number of aromatic nitrogens is 5. The SMILES string of the molecule is CCOC(=O)CCNC(=O)c1cc(NC(=O)c2nc(NC(=O)c3nc([N+](=O)[O-])cn3C)cn2C)cn1C. The van der Waals surface area contributed by atoms with E-state index >= 15 is 0 Å². The van der Waals surface area contributed by atoms with Crippen molar-refractivity contribution in [2.24, 2.45) is 21.1 Å². The van der Waals surface area contributed by atoms with Crippen molar-refractivity contribution < 1.29 is 28.8 Å². The maximum atomic E-state index is 12.8. The van der Waals surface area contributed by atoms with Gasteiger partial charge in [0.25, 0.3) is 11.8 Å². The van der Waals surface area contributed by atoms with Crippen molar-refractivity contribution >= 4 is 41.0 Å². The first-order valence-electron chi connectivity index (χ1n) is 10.9. The highest BCUT2D eigenvalue weighted by molar-refractivity contribution is 6.05. The van der Waals surface area contributed by atoms with Gasteiger partial charge in [0, 0.05) is 40.1 Å². The van der Waals surface area contributed by atoms with E-state index in [1.165, 1.54) is 46.3 Å². The van der Waals surface area contributed by atoms with Crippen LogP contribution in [-0.2, 0) is 30.7 Å². The molecule has 0 aliphatic rings. The van der Waals surface area contributed by atoms with Gasteiger partial charge in [-0.25, -0.2) is 4.98 Å². The van der Waals surface area contributed by atoms with Crippen molar-refractivity contribution in [2.45, 2.75) is 13.3 Å². The van der Waals surface area contributed by atoms with Gasteiger partial charge < -0.3 is 44.5 Å². The van der Waals surface area contributed by atoms with Crippen LogP contribution in [-0.4, -0.2) is 65.4 Å². The molecule has 3 aromatic rings. The third-order valence-corrected chi connectivity index (χ3v) is 4.99. The average Bonchev–Trinajstić information content (AvgIpc) is 3.50. The number of nitro groups is 1. The number of rotatable bonds is 10. The van der Waals surface area contributed by atoms with Crippen LogP contribution in [0.5, 0.6) is 0 Å². The molecule has 0 unspecified atom stereocenters. The van der Waals surface area contributed by atoms with E-state index < -0.39 is 34.4 Å². The minimum atomic E-state index is -0.748. The minimum absolute atomic E-state index is 0.0260. The maximum Gasteiger partial charge on any atom is 0.382 e. The molecule has 3 heterocycles. The standard InChI is InChI=1S/C21H25N9O7/c1-5-37-16(31)6-7-22-19(32)13-8-12(9-27(13)2)23-20(33)17-24-14(10-28(17)3)25-21(34)18-26-15(30(35)36)11-29(18)4/h8-11H,5-7H2,1-4H3,(H,22,32)(H,23,33)(H,25,34). The number of hydrogen-bond donors (Lipinski definition) is 3. The van der Waals surface area contributed by atoms with Gasteiger partial charge in [0.05, 0.1) is 18.7 Å². The van der Waals surface area contributed by atoms with Gasteiger partial charge in [0.15, 0.2) is 5.82 Å². The fraction of sp³-hybridized carbons (Fsp3) is 0.333. The normalized spacial score (nSPS) is 10.6. The lowest BCUT2D eigenvalue weighted by Crippen LogP contribution is -2.28. The van der Waals surface area contributed by atoms with Crippen molar-refractivity contribution in [1.29, 1.82) is 0 Å². The molecule has 3 aromatic heterocycles. The van der Waals surface area contributed by atoms with Crippen molar-refractivity contribution in [1.82, 2.24) is 29.0 Å². The first-order chi connectivity index (χ1) is 17.5. The molecule has 0 atom stereocenters. The molecule has 0 bridgehead atoms. The van der Waals surface area contributed by atoms with E-state index in [0.29, 0.717) is 5.69 Å². The molecule has 0 aliphatic heterocycles. The van der Waals surface area contributed by atoms with Crippen LogP contribution in [0.3, 0.4) is 0 Å². The Morgan fingerprint density at radius 1 is 0.946 bits per heavy atom. The monoisotopic (exact) mass is 515 g/mol. The summed E-state index contributed by atoms with van der Waals surface area (Å²) < 4.78 is 8.89. The molecule has 3 N–H and O–H groups in total. The maximum absolute atomic E-state index is 12.8. The topological polar surface area (TPSA) is 197 Å². The van der Waals surface area contributed by atoms with Crippen LogP contribution in [0.4, 0.5) is 17.3 Å². The second kappa shape index (κ2) is 11.1. The zero-order valence-electron chi connectivity index (χ0n) is 20.5. The Kier molecular flexibility index (Phi) is 8.01. The molecule has 196 valence electrons. The molecule has 0 aliphatic carbocycles. The number of imidazole rings is 2. The molecule has 0 spiro atoms. The molecule has 3 rings (SSSR count). The summed E-state index contributed by atoms with van der Waals surface area (Å²) in [5.74, 6) is -2.94. The van der Waals surface area contributed by atoms with Crippen LogP contribution in [0.2, 0.25) is 0 Å². The van der Waals surface area contributed by atoms with E-state index in [1.807, 2.05) is 0 Å². The summed E-state index contributed by atoms with van der Waals surface area (Å²) in [5.41, 5.74) is 0.563. The number of carbonyl (C=O) groups excluding carboxylic acids is 4. The Morgan fingerprint density at radius 2 is 1.59 bits per heavy atom. The molecule has 0 aromatic carbocycles. The Bertz CT molecular complexity index is 1370. The number of amides is 3. The predicted molar refractivity (Wildman–Crippen MR) is 128 cm³/mol. The highest BCUT2D eigenvalue weighted by Gasteiger charge is 2.25. The number of carbonyl (C=O) groups is 4. The van der Waals surface area contributed by atoms with Crippen LogP contribution in [0.25, 0.3) is 0 Å². The van der Waals surface area contributed by atoms with Gasteiger partial charge >= 0.3 is 23.5 Å². The number of nitrogens with zero attached hydrogens (tertiary/aromatic N) is 6. The van der Waals surface area contributed by atoms with Crippen LogP contribution < -0.4 is 16.0 Å². The van der Waals surface area contributed by atoms with Crippen molar-refractivity contribution in [3.05, 3.63) is 52.1 Å². The van der Waals surface area contributed by atoms with Gasteiger partial charge in [-0.15, -0.1) is 0 Å². The molecule has 0 radical (unpaired) electrons. The molecule has 3 amide bonds. The molecule has 0 saturated carbocycles. The van der Waals surface area contributed by atoms with Crippen LogP contribution in [0, 0.1) is 10.1 Å². The second-order valence-electron chi connectivity index (χ2n) is 7.80. The van der Waals surface area contributed by atoms with Crippen molar-refractivity contribution in [3.8, 4) is 0 Å². The molecular formula is C21H25N9O7. The van der Waals surface area contributed by atoms with Gasteiger partial charge in [0.2, 0.25) is 5.82 Å². The Hall–Kier alpha value is -5.02. The smallest absolute Gasteiger partial charge is 0.382 e. The van der Waals surface area contributed by atoms with Gasteiger partial charge in [-0.05, 0) is 22.9 Å².